The van der Waals surface area contributed by atoms with Crippen LogP contribution in [0.15, 0.2) is 21.6 Å². The molecule has 2 N–H and O–H groups in total. The number of aromatic nitrogens is 3. The standard InChI is InChI=1S/C20H21F2N7O3S2/c1-10-7-29(8-11(2)24-10)14-6-12(34(30,31)28-20(9-23)3-4-20)5-13-15(27-32-16(13)14)18-25-26-19(33-18)17(21)22/h5-6,10-11,17,24,28H,3-4,7-8H2,1-2H3/t10-,11-/m0/s1. The summed E-state index contributed by atoms with van der Waals surface area (Å²) in [6.45, 7) is 5.21. The highest BCUT2D eigenvalue weighted by Gasteiger charge is 2.47. The second-order valence-corrected chi connectivity index (χ2v) is 11.5. The lowest BCUT2D eigenvalue weighted by Gasteiger charge is -2.37. The Hall–Kier alpha value is -2.73. The lowest BCUT2D eigenvalue weighted by Crippen LogP contribution is -2.54. The minimum Gasteiger partial charge on any atom is -0.365 e. The van der Waals surface area contributed by atoms with Crippen LogP contribution in [0.25, 0.3) is 21.7 Å². The topological polar surface area (TPSA) is 137 Å². The third-order valence-corrected chi connectivity index (χ3v) is 8.31. The third kappa shape index (κ3) is 4.13. The molecule has 1 saturated carbocycles. The molecule has 5 rings (SSSR count). The normalized spacial score (nSPS) is 22.3. The van der Waals surface area contributed by atoms with Crippen molar-refractivity contribution in [1.82, 2.24) is 25.4 Å². The minimum absolute atomic E-state index is 0.0709. The molecule has 14 heteroatoms. The van der Waals surface area contributed by atoms with E-state index in [0.717, 1.165) is 0 Å². The van der Waals surface area contributed by atoms with Crippen LogP contribution in [0, 0.1) is 11.3 Å². The first kappa shape index (κ1) is 23.0. The van der Waals surface area contributed by atoms with Gasteiger partial charge in [-0.1, -0.05) is 16.5 Å². The summed E-state index contributed by atoms with van der Waals surface area (Å²) in [5.74, 6) is 0. The maximum Gasteiger partial charge on any atom is 0.291 e. The van der Waals surface area contributed by atoms with Crippen LogP contribution < -0.4 is 14.9 Å². The molecule has 2 aromatic heterocycles. The first-order valence-electron chi connectivity index (χ1n) is 10.6. The Morgan fingerprint density at radius 3 is 2.59 bits per heavy atom. The van der Waals surface area contributed by atoms with Crippen LogP contribution in [0.4, 0.5) is 14.5 Å². The molecule has 10 nitrogen and oxygen atoms in total. The maximum absolute atomic E-state index is 13.2. The van der Waals surface area contributed by atoms with Gasteiger partial charge in [-0.25, -0.2) is 17.2 Å². The summed E-state index contributed by atoms with van der Waals surface area (Å²) >= 11 is 0.666. The summed E-state index contributed by atoms with van der Waals surface area (Å²) in [5, 5.41) is 24.1. The number of hydrogen-bond acceptors (Lipinski definition) is 10. The number of benzene rings is 1. The summed E-state index contributed by atoms with van der Waals surface area (Å²) in [4.78, 5) is 1.93. The average Bonchev–Trinajstić information content (AvgIpc) is 3.18. The summed E-state index contributed by atoms with van der Waals surface area (Å²) in [6, 6.07) is 5.16. The molecule has 1 aliphatic heterocycles. The van der Waals surface area contributed by atoms with Crippen LogP contribution >= 0.6 is 11.3 Å². The Labute approximate surface area is 198 Å². The van der Waals surface area contributed by atoms with Gasteiger partial charge in [0.1, 0.15) is 5.54 Å². The van der Waals surface area contributed by atoms with Crippen molar-refractivity contribution in [2.24, 2.45) is 0 Å². The van der Waals surface area contributed by atoms with Gasteiger partial charge in [-0.2, -0.15) is 9.98 Å². The largest absolute Gasteiger partial charge is 0.365 e. The fourth-order valence-electron chi connectivity index (χ4n) is 4.16. The number of nitriles is 1. The molecule has 2 aliphatic rings. The Bertz CT molecular complexity index is 1380. The molecule has 0 bridgehead atoms. The zero-order valence-electron chi connectivity index (χ0n) is 18.2. The van der Waals surface area contributed by atoms with Gasteiger partial charge >= 0.3 is 0 Å². The van der Waals surface area contributed by atoms with Crippen LogP contribution in [0.2, 0.25) is 0 Å². The van der Waals surface area contributed by atoms with Crippen molar-refractivity contribution in [2.75, 3.05) is 18.0 Å². The lowest BCUT2D eigenvalue weighted by molar-refractivity contribution is 0.150. The number of fused-ring (bicyclic) bond motifs is 1. The van der Waals surface area contributed by atoms with E-state index in [-0.39, 0.29) is 27.7 Å². The van der Waals surface area contributed by atoms with Gasteiger partial charge in [0.15, 0.2) is 21.3 Å². The molecule has 1 aromatic carbocycles. The molecule has 1 aliphatic carbocycles. The number of rotatable bonds is 6. The van der Waals surface area contributed by atoms with Gasteiger partial charge < -0.3 is 14.7 Å². The molecular formula is C20H21F2N7O3S2. The molecule has 3 heterocycles. The SMILES string of the molecule is C[C@H]1CN(c2cc(S(=O)(=O)NC3(C#N)CC3)cc3c(-c4nnc(C(F)F)s4)noc23)C[C@H](C)N1. The molecule has 1 saturated heterocycles. The van der Waals surface area contributed by atoms with E-state index in [4.69, 9.17) is 4.52 Å². The van der Waals surface area contributed by atoms with E-state index in [9.17, 15) is 22.5 Å². The van der Waals surface area contributed by atoms with Crippen LogP contribution in [0.5, 0.6) is 0 Å². The highest BCUT2D eigenvalue weighted by atomic mass is 32.2. The molecule has 0 spiro atoms. The summed E-state index contributed by atoms with van der Waals surface area (Å²) in [5.41, 5.74) is -0.132. The minimum atomic E-state index is -4.07. The van der Waals surface area contributed by atoms with E-state index in [2.05, 4.69) is 25.4 Å². The number of halogens is 2. The van der Waals surface area contributed by atoms with Gasteiger partial charge in [0, 0.05) is 25.2 Å². The molecule has 3 aromatic rings. The Balaban J connectivity index is 1.67. The number of nitrogens with one attached hydrogen (secondary N) is 2. The molecular weight excluding hydrogens is 488 g/mol. The van der Waals surface area contributed by atoms with Crippen LogP contribution in [-0.4, -0.2) is 54.5 Å². The second-order valence-electron chi connectivity index (χ2n) is 8.77. The van der Waals surface area contributed by atoms with E-state index >= 15 is 0 Å². The monoisotopic (exact) mass is 509 g/mol. The van der Waals surface area contributed by atoms with Crippen molar-refractivity contribution in [2.45, 2.75) is 55.6 Å². The number of piperazine rings is 1. The highest BCUT2D eigenvalue weighted by molar-refractivity contribution is 7.89. The predicted molar refractivity (Wildman–Crippen MR) is 120 cm³/mol. The van der Waals surface area contributed by atoms with Gasteiger partial charge in [-0.05, 0) is 38.8 Å². The second kappa shape index (κ2) is 8.19. The predicted octanol–water partition coefficient (Wildman–Crippen LogP) is 2.80. The number of hydrogen-bond donors (Lipinski definition) is 2. The molecule has 0 unspecified atom stereocenters. The van der Waals surface area contributed by atoms with E-state index in [1.807, 2.05) is 24.8 Å². The summed E-state index contributed by atoms with van der Waals surface area (Å²) in [7, 11) is -4.07. The Morgan fingerprint density at radius 2 is 2.00 bits per heavy atom. The first-order chi connectivity index (χ1) is 16.1. The van der Waals surface area contributed by atoms with E-state index in [1.165, 1.54) is 12.1 Å². The van der Waals surface area contributed by atoms with Crippen molar-refractivity contribution in [3.8, 4) is 16.8 Å². The number of sulfonamides is 1. The fourth-order valence-corrected chi connectivity index (χ4v) is 6.28. The zero-order chi connectivity index (χ0) is 24.3. The first-order valence-corrected chi connectivity index (χ1v) is 12.9. The van der Waals surface area contributed by atoms with E-state index in [1.54, 1.807) is 0 Å². The van der Waals surface area contributed by atoms with Gasteiger partial charge in [0.05, 0.1) is 22.0 Å². The molecule has 180 valence electrons. The molecule has 0 amide bonds. The zero-order valence-corrected chi connectivity index (χ0v) is 19.9. The van der Waals surface area contributed by atoms with E-state index in [0.29, 0.717) is 53.9 Å². The Kier molecular flexibility index (Phi) is 5.55. The molecule has 34 heavy (non-hydrogen) atoms. The Morgan fingerprint density at radius 1 is 1.29 bits per heavy atom. The van der Waals surface area contributed by atoms with Gasteiger partial charge in [0.25, 0.3) is 6.43 Å². The van der Waals surface area contributed by atoms with Gasteiger partial charge in [-0.15, -0.1) is 10.2 Å². The van der Waals surface area contributed by atoms with Crippen molar-refractivity contribution >= 4 is 38.0 Å². The molecule has 2 fully saturated rings. The van der Waals surface area contributed by atoms with Gasteiger partial charge in [-0.3, -0.25) is 0 Å². The van der Waals surface area contributed by atoms with Crippen molar-refractivity contribution in [3.63, 3.8) is 0 Å². The third-order valence-electron chi connectivity index (χ3n) is 5.86. The molecule has 2 atom stereocenters. The smallest absolute Gasteiger partial charge is 0.291 e. The van der Waals surface area contributed by atoms with Crippen molar-refractivity contribution in [3.05, 3.63) is 17.1 Å². The van der Waals surface area contributed by atoms with E-state index < -0.39 is 27.0 Å². The van der Waals surface area contributed by atoms with Crippen LogP contribution in [-0.2, 0) is 10.0 Å². The molecule has 0 radical (unpaired) electrons. The quantitative estimate of drug-likeness (QED) is 0.514. The highest BCUT2D eigenvalue weighted by Crippen LogP contribution is 2.40. The van der Waals surface area contributed by atoms with Gasteiger partial charge in [0.2, 0.25) is 10.0 Å². The van der Waals surface area contributed by atoms with Crippen molar-refractivity contribution < 1.29 is 21.7 Å². The number of nitrogens with zero attached hydrogens (tertiary/aromatic N) is 5. The summed E-state index contributed by atoms with van der Waals surface area (Å²) < 4.78 is 60.7. The van der Waals surface area contributed by atoms with Crippen molar-refractivity contribution in [1.29, 1.82) is 5.26 Å². The number of anilines is 1. The van der Waals surface area contributed by atoms with Crippen LogP contribution in [0.1, 0.15) is 38.1 Å². The summed E-state index contributed by atoms with van der Waals surface area (Å²) in [6.07, 6.45) is -1.92. The van der Waals surface area contributed by atoms with Crippen LogP contribution in [0.3, 0.4) is 0 Å². The lowest BCUT2D eigenvalue weighted by atomic mass is 10.1. The number of alkyl halides is 2. The average molecular weight is 510 g/mol. The maximum atomic E-state index is 13.2. The fraction of sp³-hybridized carbons (Fsp3) is 0.500.